The molecule has 0 aliphatic carbocycles. The Morgan fingerprint density at radius 2 is 1.45 bits per heavy atom. The fraction of sp³-hybridized carbons (Fsp3) is 0.333. The number of benzene rings is 3. The van der Waals surface area contributed by atoms with Crippen molar-refractivity contribution < 1.29 is 18.0 Å². The standard InChI is InChI=1S/C30H37N3O4S/c1-5-24(3)31-30(35)25(4)32(21-20-26-12-8-6-9-13-26)29(34)22-33(27-14-10-7-11-15-27)38(36,37)28-18-16-23(2)17-19-28/h6-19,24-25H,5,20-22H2,1-4H3,(H,31,35)/t24-,25-/m1/s1. The molecule has 0 heterocycles. The van der Waals surface area contributed by atoms with Gasteiger partial charge in [0.05, 0.1) is 10.6 Å². The molecule has 3 rings (SSSR count). The zero-order valence-electron chi connectivity index (χ0n) is 22.5. The largest absolute Gasteiger partial charge is 0.352 e. The van der Waals surface area contributed by atoms with Crippen LogP contribution in [0, 0.1) is 6.92 Å². The van der Waals surface area contributed by atoms with Crippen LogP contribution >= 0.6 is 0 Å². The highest BCUT2D eigenvalue weighted by Crippen LogP contribution is 2.24. The van der Waals surface area contributed by atoms with Gasteiger partial charge in [0.1, 0.15) is 12.6 Å². The lowest BCUT2D eigenvalue weighted by molar-refractivity contribution is -0.139. The van der Waals surface area contributed by atoms with E-state index in [9.17, 15) is 18.0 Å². The molecule has 38 heavy (non-hydrogen) atoms. The number of nitrogens with one attached hydrogen (secondary N) is 1. The Kier molecular flexibility index (Phi) is 10.1. The van der Waals surface area contributed by atoms with Gasteiger partial charge in [-0.1, -0.05) is 73.2 Å². The van der Waals surface area contributed by atoms with Crippen LogP contribution in [0.4, 0.5) is 5.69 Å². The minimum absolute atomic E-state index is 0.0428. The van der Waals surface area contributed by atoms with Gasteiger partial charge in [0, 0.05) is 12.6 Å². The summed E-state index contributed by atoms with van der Waals surface area (Å²) in [4.78, 5) is 28.4. The van der Waals surface area contributed by atoms with E-state index in [2.05, 4.69) is 5.32 Å². The fourth-order valence-corrected chi connectivity index (χ4v) is 5.41. The molecule has 0 saturated heterocycles. The smallest absolute Gasteiger partial charge is 0.264 e. The van der Waals surface area contributed by atoms with Crippen molar-refractivity contribution in [3.05, 3.63) is 96.1 Å². The Morgan fingerprint density at radius 1 is 0.868 bits per heavy atom. The first kappa shape index (κ1) is 28.9. The molecule has 3 aromatic carbocycles. The lowest BCUT2D eigenvalue weighted by Gasteiger charge is -2.32. The number of para-hydroxylation sites is 1. The summed E-state index contributed by atoms with van der Waals surface area (Å²) in [6.07, 6.45) is 1.29. The maximum absolute atomic E-state index is 13.8. The molecule has 2 atom stereocenters. The maximum atomic E-state index is 13.8. The van der Waals surface area contributed by atoms with E-state index >= 15 is 0 Å². The number of carbonyl (C=O) groups is 2. The van der Waals surface area contributed by atoms with Crippen LogP contribution in [0.3, 0.4) is 0 Å². The van der Waals surface area contributed by atoms with E-state index in [1.165, 1.54) is 4.90 Å². The van der Waals surface area contributed by atoms with Gasteiger partial charge in [-0.05, 0) is 63.4 Å². The molecule has 2 amide bonds. The van der Waals surface area contributed by atoms with Gasteiger partial charge in [-0.15, -0.1) is 0 Å². The Hall–Kier alpha value is -3.65. The van der Waals surface area contributed by atoms with Crippen molar-refractivity contribution in [3.8, 4) is 0 Å². The summed E-state index contributed by atoms with van der Waals surface area (Å²) in [6, 6.07) is 24.0. The molecule has 0 aliphatic heterocycles. The minimum atomic E-state index is -4.05. The third-order valence-corrected chi connectivity index (χ3v) is 8.37. The highest BCUT2D eigenvalue weighted by molar-refractivity contribution is 7.92. The number of rotatable bonds is 12. The van der Waals surface area contributed by atoms with Crippen LogP contribution < -0.4 is 9.62 Å². The molecule has 0 spiro atoms. The Balaban J connectivity index is 1.94. The van der Waals surface area contributed by atoms with Crippen LogP contribution in [0.5, 0.6) is 0 Å². The highest BCUT2D eigenvalue weighted by Gasteiger charge is 2.32. The normalized spacial score (nSPS) is 12.8. The summed E-state index contributed by atoms with van der Waals surface area (Å²) in [5.74, 6) is -0.722. The third kappa shape index (κ3) is 7.44. The number of aryl methyl sites for hydroxylation is 1. The predicted octanol–water partition coefficient (Wildman–Crippen LogP) is 4.56. The van der Waals surface area contributed by atoms with Crippen LogP contribution in [-0.2, 0) is 26.0 Å². The Labute approximate surface area is 226 Å². The summed E-state index contributed by atoms with van der Waals surface area (Å²) >= 11 is 0. The van der Waals surface area contributed by atoms with Crippen molar-refractivity contribution in [3.63, 3.8) is 0 Å². The van der Waals surface area contributed by atoms with Crippen molar-refractivity contribution in [2.24, 2.45) is 0 Å². The van der Waals surface area contributed by atoms with Gasteiger partial charge in [0.25, 0.3) is 10.0 Å². The second-order valence-corrected chi connectivity index (χ2v) is 11.3. The van der Waals surface area contributed by atoms with Gasteiger partial charge in [-0.2, -0.15) is 0 Å². The van der Waals surface area contributed by atoms with Crippen LogP contribution in [0.25, 0.3) is 0 Å². The molecule has 0 fully saturated rings. The first-order chi connectivity index (χ1) is 18.1. The quantitative estimate of drug-likeness (QED) is 0.368. The predicted molar refractivity (Wildman–Crippen MR) is 151 cm³/mol. The number of hydrogen-bond donors (Lipinski definition) is 1. The molecule has 0 aromatic heterocycles. The van der Waals surface area contributed by atoms with Crippen molar-refractivity contribution in [1.82, 2.24) is 10.2 Å². The molecule has 0 aliphatic rings. The van der Waals surface area contributed by atoms with E-state index in [1.807, 2.05) is 51.1 Å². The summed E-state index contributed by atoms with van der Waals surface area (Å²) in [5, 5.41) is 2.94. The number of carbonyl (C=O) groups excluding carboxylic acids is 2. The molecule has 3 aromatic rings. The molecule has 202 valence electrons. The second-order valence-electron chi connectivity index (χ2n) is 9.48. The Bertz CT molecular complexity index is 1300. The van der Waals surface area contributed by atoms with Crippen molar-refractivity contribution in [1.29, 1.82) is 0 Å². The minimum Gasteiger partial charge on any atom is -0.352 e. The lowest BCUT2D eigenvalue weighted by atomic mass is 10.1. The van der Waals surface area contributed by atoms with E-state index in [1.54, 1.807) is 61.5 Å². The third-order valence-electron chi connectivity index (χ3n) is 6.58. The van der Waals surface area contributed by atoms with Gasteiger partial charge in [-0.25, -0.2) is 8.42 Å². The second kappa shape index (κ2) is 13.2. The lowest BCUT2D eigenvalue weighted by Crippen LogP contribution is -2.53. The number of nitrogens with zero attached hydrogens (tertiary/aromatic N) is 2. The van der Waals surface area contributed by atoms with Gasteiger partial charge in [0.15, 0.2) is 0 Å². The average molecular weight is 536 g/mol. The van der Waals surface area contributed by atoms with Crippen molar-refractivity contribution in [2.75, 3.05) is 17.4 Å². The summed E-state index contributed by atoms with van der Waals surface area (Å²) in [5.41, 5.74) is 2.33. The molecule has 7 nitrogen and oxygen atoms in total. The molecule has 0 saturated carbocycles. The number of anilines is 1. The first-order valence-corrected chi connectivity index (χ1v) is 14.4. The van der Waals surface area contributed by atoms with Crippen LogP contribution in [0.2, 0.25) is 0 Å². The van der Waals surface area contributed by atoms with Gasteiger partial charge >= 0.3 is 0 Å². The molecule has 0 unspecified atom stereocenters. The number of amides is 2. The van der Waals surface area contributed by atoms with Gasteiger partial charge in [-0.3, -0.25) is 13.9 Å². The van der Waals surface area contributed by atoms with Crippen molar-refractivity contribution >= 4 is 27.5 Å². The molecule has 0 radical (unpaired) electrons. The number of sulfonamides is 1. The summed E-state index contributed by atoms with van der Waals surface area (Å²) < 4.78 is 28.6. The molecular weight excluding hydrogens is 498 g/mol. The maximum Gasteiger partial charge on any atom is 0.264 e. The zero-order chi connectivity index (χ0) is 27.7. The van der Waals surface area contributed by atoms with Crippen LogP contribution in [0.1, 0.15) is 38.3 Å². The first-order valence-electron chi connectivity index (χ1n) is 12.9. The van der Waals surface area contributed by atoms with E-state index in [0.717, 1.165) is 21.9 Å². The van der Waals surface area contributed by atoms with Gasteiger partial charge in [0.2, 0.25) is 11.8 Å². The van der Waals surface area contributed by atoms with E-state index in [0.29, 0.717) is 12.1 Å². The molecule has 1 N–H and O–H groups in total. The SMILES string of the molecule is CC[C@@H](C)NC(=O)[C@@H](C)N(CCc1ccccc1)C(=O)CN(c1ccccc1)S(=O)(=O)c1ccc(C)cc1. The summed E-state index contributed by atoms with van der Waals surface area (Å²) in [7, 11) is -4.05. The Morgan fingerprint density at radius 3 is 2.03 bits per heavy atom. The summed E-state index contributed by atoms with van der Waals surface area (Å²) in [6.45, 7) is 7.28. The molecule has 0 bridgehead atoms. The van der Waals surface area contributed by atoms with Crippen LogP contribution in [-0.4, -0.2) is 50.3 Å². The van der Waals surface area contributed by atoms with Crippen molar-refractivity contribution in [2.45, 2.75) is 57.5 Å². The monoisotopic (exact) mass is 535 g/mol. The van der Waals surface area contributed by atoms with Gasteiger partial charge < -0.3 is 10.2 Å². The number of hydrogen-bond acceptors (Lipinski definition) is 4. The topological polar surface area (TPSA) is 86.8 Å². The van der Waals surface area contributed by atoms with E-state index in [-0.39, 0.29) is 23.4 Å². The average Bonchev–Trinajstić information content (AvgIpc) is 2.92. The molecular formula is C30H37N3O4S. The molecule has 8 heteroatoms. The van der Waals surface area contributed by atoms with E-state index in [4.69, 9.17) is 0 Å². The van der Waals surface area contributed by atoms with Crippen LogP contribution in [0.15, 0.2) is 89.8 Å². The van der Waals surface area contributed by atoms with E-state index < -0.39 is 28.5 Å². The fourth-order valence-electron chi connectivity index (χ4n) is 4.00. The highest BCUT2D eigenvalue weighted by atomic mass is 32.2. The zero-order valence-corrected chi connectivity index (χ0v) is 23.3.